The third-order valence-corrected chi connectivity index (χ3v) is 4.77. The zero-order chi connectivity index (χ0) is 20.3. The van der Waals surface area contributed by atoms with Crippen molar-refractivity contribution in [3.8, 4) is 17.2 Å². The van der Waals surface area contributed by atoms with E-state index in [1.165, 1.54) is 12.1 Å². The van der Waals surface area contributed by atoms with Gasteiger partial charge in [0, 0.05) is 6.07 Å². The Morgan fingerprint density at radius 1 is 0.793 bits per heavy atom. The fourth-order valence-corrected chi connectivity index (χ4v) is 3.44. The van der Waals surface area contributed by atoms with E-state index in [0.29, 0.717) is 17.2 Å². The zero-order valence-electron chi connectivity index (χ0n) is 14.7. The molecule has 3 heterocycles. The highest BCUT2D eigenvalue weighted by Gasteiger charge is 2.32. The van der Waals surface area contributed by atoms with Gasteiger partial charge in [-0.05, 0) is 30.3 Å². The third kappa shape index (κ3) is 2.41. The molecule has 0 aliphatic carbocycles. The van der Waals surface area contributed by atoms with E-state index in [0.717, 1.165) is 10.6 Å². The largest absolute Gasteiger partial charge is 0.454 e. The first-order valence-electron chi connectivity index (χ1n) is 8.58. The van der Waals surface area contributed by atoms with Crippen LogP contribution in [0.1, 0.15) is 31.1 Å². The number of nitrogens with two attached hydrogens (primary N) is 1. The number of ether oxygens (including phenoxy) is 1. The Labute approximate surface area is 162 Å². The van der Waals surface area contributed by atoms with Gasteiger partial charge in [-0.25, -0.2) is 0 Å². The summed E-state index contributed by atoms with van der Waals surface area (Å²) in [5.74, 6) is -1.17. The number of pyridine rings is 1. The molecule has 0 fully saturated rings. The maximum absolute atomic E-state index is 12.7. The number of benzene rings is 2. The molecule has 1 aromatic heterocycles. The molecule has 3 aromatic rings. The van der Waals surface area contributed by atoms with E-state index in [-0.39, 0.29) is 28.2 Å². The van der Waals surface area contributed by atoms with Crippen LogP contribution in [0.5, 0.6) is 11.5 Å². The monoisotopic (exact) mass is 388 g/mol. The molecule has 0 unspecified atom stereocenters. The maximum Gasteiger partial charge on any atom is 0.262 e. The average molecular weight is 388 g/mol. The van der Waals surface area contributed by atoms with Gasteiger partial charge in [0.1, 0.15) is 11.6 Å². The van der Waals surface area contributed by atoms with Crippen LogP contribution in [-0.4, -0.2) is 22.3 Å². The van der Waals surface area contributed by atoms with E-state index in [4.69, 9.17) is 10.5 Å². The van der Waals surface area contributed by atoms with Crippen LogP contribution in [0.4, 0.5) is 11.5 Å². The minimum atomic E-state index is -0.678. The number of carbonyl (C=O) groups is 3. The second kappa shape index (κ2) is 5.80. The van der Waals surface area contributed by atoms with Crippen LogP contribution in [0, 0.1) is 0 Å². The summed E-state index contributed by atoms with van der Waals surface area (Å²) in [6, 6.07) is 12.5. The van der Waals surface area contributed by atoms with Crippen molar-refractivity contribution >= 4 is 29.2 Å². The van der Waals surface area contributed by atoms with Gasteiger partial charge in [0.05, 0.1) is 28.1 Å². The number of aromatic nitrogens is 1. The number of hydrogen-bond donors (Lipinski definition) is 3. The molecule has 0 saturated heterocycles. The van der Waals surface area contributed by atoms with E-state index in [2.05, 4.69) is 10.6 Å². The van der Waals surface area contributed by atoms with Crippen molar-refractivity contribution in [1.29, 1.82) is 0 Å². The lowest BCUT2D eigenvalue weighted by atomic mass is 10.1. The number of carbonyl (C=O) groups excluding carboxylic acids is 3. The number of nitrogens with one attached hydrogen (secondary N) is 2. The molecular formula is C20H12N4O5. The second-order valence-electron chi connectivity index (χ2n) is 6.51. The molecule has 2 aliphatic rings. The highest BCUT2D eigenvalue weighted by molar-refractivity contribution is 6.23. The van der Waals surface area contributed by atoms with Gasteiger partial charge in [-0.2, -0.15) is 0 Å². The first kappa shape index (κ1) is 16.8. The number of nitrogen functional groups attached to an aromatic ring is 1. The van der Waals surface area contributed by atoms with Crippen molar-refractivity contribution in [1.82, 2.24) is 9.88 Å². The quantitative estimate of drug-likeness (QED) is 0.543. The van der Waals surface area contributed by atoms with Gasteiger partial charge >= 0.3 is 0 Å². The van der Waals surface area contributed by atoms with Crippen LogP contribution >= 0.6 is 0 Å². The maximum atomic E-state index is 12.7. The number of rotatable bonds is 1. The molecule has 5 rings (SSSR count). The van der Waals surface area contributed by atoms with Crippen molar-refractivity contribution in [2.45, 2.75) is 0 Å². The summed E-state index contributed by atoms with van der Waals surface area (Å²) in [7, 11) is 0. The van der Waals surface area contributed by atoms with Crippen LogP contribution in [0.2, 0.25) is 0 Å². The summed E-state index contributed by atoms with van der Waals surface area (Å²) < 4.78 is 6.89. The lowest BCUT2D eigenvalue weighted by molar-refractivity contribution is 0.0879. The van der Waals surface area contributed by atoms with Gasteiger partial charge in [-0.1, -0.05) is 12.1 Å². The fourth-order valence-electron chi connectivity index (χ4n) is 3.44. The summed E-state index contributed by atoms with van der Waals surface area (Å²) >= 11 is 0. The van der Waals surface area contributed by atoms with Crippen molar-refractivity contribution in [3.05, 3.63) is 75.6 Å². The van der Waals surface area contributed by atoms with Gasteiger partial charge in [0.25, 0.3) is 23.3 Å². The van der Waals surface area contributed by atoms with Gasteiger partial charge < -0.3 is 15.8 Å². The van der Waals surface area contributed by atoms with Crippen LogP contribution in [0.3, 0.4) is 0 Å². The lowest BCUT2D eigenvalue weighted by Crippen LogP contribution is -2.24. The Morgan fingerprint density at radius 2 is 1.55 bits per heavy atom. The first-order chi connectivity index (χ1) is 13.9. The smallest absolute Gasteiger partial charge is 0.262 e. The third-order valence-electron chi connectivity index (χ3n) is 4.77. The minimum Gasteiger partial charge on any atom is -0.454 e. The molecule has 142 valence electrons. The highest BCUT2D eigenvalue weighted by atomic mass is 16.5. The lowest BCUT2D eigenvalue weighted by Gasteiger charge is -2.14. The molecule has 29 heavy (non-hydrogen) atoms. The van der Waals surface area contributed by atoms with Gasteiger partial charge in [0.15, 0.2) is 5.75 Å². The van der Waals surface area contributed by atoms with Crippen molar-refractivity contribution in [2.75, 3.05) is 11.1 Å². The molecule has 9 nitrogen and oxygen atoms in total. The minimum absolute atomic E-state index is 0.0694. The molecule has 0 bridgehead atoms. The number of hydrogen-bond acceptors (Lipinski definition) is 6. The van der Waals surface area contributed by atoms with E-state index in [1.807, 2.05) is 0 Å². The van der Waals surface area contributed by atoms with Crippen LogP contribution in [0.25, 0.3) is 5.69 Å². The van der Waals surface area contributed by atoms with Crippen molar-refractivity contribution < 1.29 is 19.1 Å². The molecular weight excluding hydrogens is 376 g/mol. The van der Waals surface area contributed by atoms with Crippen LogP contribution in [0.15, 0.2) is 53.3 Å². The number of fused-ring (bicyclic) bond motifs is 3. The summed E-state index contributed by atoms with van der Waals surface area (Å²) in [6.07, 6.45) is 0. The number of para-hydroxylation sites is 2. The van der Waals surface area contributed by atoms with Gasteiger partial charge in [-0.15, -0.1) is 0 Å². The molecule has 0 spiro atoms. The number of imide groups is 1. The predicted octanol–water partition coefficient (Wildman–Crippen LogP) is 1.66. The summed E-state index contributed by atoms with van der Waals surface area (Å²) in [6.45, 7) is 0. The first-order valence-corrected chi connectivity index (χ1v) is 8.58. The molecule has 3 amide bonds. The molecule has 0 radical (unpaired) electrons. The van der Waals surface area contributed by atoms with Crippen LogP contribution in [-0.2, 0) is 0 Å². The Balaban J connectivity index is 1.68. The number of nitrogens with zero attached hydrogens (tertiary/aromatic N) is 1. The average Bonchev–Trinajstić information content (AvgIpc) is 2.89. The molecule has 9 heteroatoms. The Morgan fingerprint density at radius 3 is 2.38 bits per heavy atom. The number of anilines is 2. The van der Waals surface area contributed by atoms with E-state index in [9.17, 15) is 19.2 Å². The van der Waals surface area contributed by atoms with E-state index in [1.54, 1.807) is 30.3 Å². The standard InChI is InChI=1S/C20H12N4O5/c21-17-16-11(19(27)23-20(16)28)8-15(25)24(17)9-5-6-13-10(7-9)18(26)22-12-3-1-2-4-14(12)29-13/h1-8H,21H2,(H,22,26)(H,23,27,28). The van der Waals surface area contributed by atoms with Crippen LogP contribution < -0.4 is 26.7 Å². The van der Waals surface area contributed by atoms with Gasteiger partial charge in [0.2, 0.25) is 0 Å². The number of amides is 3. The zero-order valence-corrected chi connectivity index (χ0v) is 14.7. The molecule has 2 aromatic carbocycles. The Kier molecular flexibility index (Phi) is 3.35. The summed E-state index contributed by atoms with van der Waals surface area (Å²) in [5.41, 5.74) is 6.26. The molecule has 0 atom stereocenters. The predicted molar refractivity (Wildman–Crippen MR) is 103 cm³/mol. The topological polar surface area (TPSA) is 133 Å². The highest BCUT2D eigenvalue weighted by Crippen LogP contribution is 2.36. The van der Waals surface area contributed by atoms with Gasteiger partial charge in [-0.3, -0.25) is 29.1 Å². The Hall–Kier alpha value is -4.40. The molecule has 0 saturated carbocycles. The van der Waals surface area contributed by atoms with E-state index >= 15 is 0 Å². The summed E-state index contributed by atoms with van der Waals surface area (Å²) in [4.78, 5) is 49.1. The van der Waals surface area contributed by atoms with Crippen molar-refractivity contribution in [2.24, 2.45) is 0 Å². The second-order valence-corrected chi connectivity index (χ2v) is 6.51. The SMILES string of the molecule is Nc1c2c(cc(=O)n1-c1ccc3c(c1)C(=O)Nc1ccccc1O3)C(=O)NC2=O. The van der Waals surface area contributed by atoms with Crippen molar-refractivity contribution in [3.63, 3.8) is 0 Å². The van der Waals surface area contributed by atoms with E-state index < -0.39 is 23.3 Å². The summed E-state index contributed by atoms with van der Waals surface area (Å²) in [5, 5.41) is 4.86. The molecule has 4 N–H and O–H groups in total. The normalized spacial score (nSPS) is 14.1. The molecule has 2 aliphatic heterocycles. The Bertz CT molecular complexity index is 1320. The fraction of sp³-hybridized carbons (Fsp3) is 0.